The van der Waals surface area contributed by atoms with Crippen molar-refractivity contribution in [2.45, 2.75) is 6.92 Å². The molecule has 0 saturated heterocycles. The molecule has 2 aromatic carbocycles. The number of rotatable bonds is 5. The summed E-state index contributed by atoms with van der Waals surface area (Å²) in [6.45, 7) is 1.42. The summed E-state index contributed by atoms with van der Waals surface area (Å²) in [7, 11) is 0. The highest BCUT2D eigenvalue weighted by Crippen LogP contribution is 2.20. The Morgan fingerprint density at radius 1 is 0.893 bits per heavy atom. The Kier molecular flexibility index (Phi) is 5.59. The van der Waals surface area contributed by atoms with Crippen LogP contribution in [0.5, 0.6) is 0 Å². The second-order valence-electron chi connectivity index (χ2n) is 5.90. The van der Waals surface area contributed by atoms with E-state index in [0.29, 0.717) is 17.4 Å². The summed E-state index contributed by atoms with van der Waals surface area (Å²) in [6.07, 6.45) is 1.45. The lowest BCUT2D eigenvalue weighted by Crippen LogP contribution is -2.14. The highest BCUT2D eigenvalue weighted by molar-refractivity contribution is 6.03. The normalized spacial score (nSPS) is 10.2. The zero-order chi connectivity index (χ0) is 20.1. The van der Waals surface area contributed by atoms with Gasteiger partial charge in [0, 0.05) is 24.4 Å². The third-order valence-corrected chi connectivity index (χ3v) is 3.65. The highest BCUT2D eigenvalue weighted by Gasteiger charge is 2.11. The first-order valence-corrected chi connectivity index (χ1v) is 8.28. The lowest BCUT2D eigenvalue weighted by atomic mass is 10.2. The van der Waals surface area contributed by atoms with Crippen molar-refractivity contribution in [2.75, 3.05) is 16.0 Å². The molecule has 1 heterocycles. The van der Waals surface area contributed by atoms with Gasteiger partial charge in [-0.15, -0.1) is 0 Å². The quantitative estimate of drug-likeness (QED) is 0.614. The maximum atomic E-state index is 13.6. The summed E-state index contributed by atoms with van der Waals surface area (Å²) in [5.74, 6) is -2.39. The molecule has 0 bridgehead atoms. The van der Waals surface area contributed by atoms with E-state index in [1.54, 1.807) is 24.3 Å². The van der Waals surface area contributed by atoms with E-state index in [1.807, 2.05) is 6.07 Å². The van der Waals surface area contributed by atoms with Crippen LogP contribution >= 0.6 is 0 Å². The molecule has 0 aliphatic rings. The summed E-state index contributed by atoms with van der Waals surface area (Å²) < 4.78 is 26.6. The molecule has 1 aromatic heterocycles. The number of amides is 2. The molecule has 0 aliphatic carbocycles. The first kappa shape index (κ1) is 19.0. The average Bonchev–Trinajstić information content (AvgIpc) is 2.64. The maximum absolute atomic E-state index is 13.6. The third-order valence-electron chi connectivity index (χ3n) is 3.65. The van der Waals surface area contributed by atoms with E-state index < -0.39 is 17.5 Å². The van der Waals surface area contributed by atoms with Gasteiger partial charge in [0.05, 0.1) is 17.6 Å². The summed E-state index contributed by atoms with van der Waals surface area (Å²) >= 11 is 0. The van der Waals surface area contributed by atoms with Crippen LogP contribution in [0.3, 0.4) is 0 Å². The standard InChI is InChI=1S/C20H16F2N4O2/c1-12(27)24-14-3-2-4-15(10-14)25-16-6-8-19(23-11-16)20(28)26-18-7-5-13(21)9-17(18)22/h2-11,25H,1H3,(H,24,27)(H,26,28). The molecule has 28 heavy (non-hydrogen) atoms. The number of pyridine rings is 1. The van der Waals surface area contributed by atoms with Crippen molar-refractivity contribution >= 4 is 34.6 Å². The molecule has 2 amide bonds. The minimum absolute atomic E-state index is 0.0706. The van der Waals surface area contributed by atoms with Gasteiger partial charge < -0.3 is 16.0 Å². The number of aromatic nitrogens is 1. The van der Waals surface area contributed by atoms with Gasteiger partial charge >= 0.3 is 0 Å². The SMILES string of the molecule is CC(=O)Nc1cccc(Nc2ccc(C(=O)Nc3ccc(F)cc3F)nc2)c1. The summed E-state index contributed by atoms with van der Waals surface area (Å²) in [5, 5.41) is 8.13. The Bertz CT molecular complexity index is 1020. The number of nitrogens with one attached hydrogen (secondary N) is 3. The predicted molar refractivity (Wildman–Crippen MR) is 103 cm³/mol. The summed E-state index contributed by atoms with van der Waals surface area (Å²) in [4.78, 5) is 27.4. The Hall–Kier alpha value is -3.81. The van der Waals surface area contributed by atoms with Gasteiger partial charge in [0.15, 0.2) is 0 Å². The van der Waals surface area contributed by atoms with E-state index in [4.69, 9.17) is 0 Å². The molecule has 142 valence electrons. The van der Waals surface area contributed by atoms with Crippen LogP contribution in [-0.2, 0) is 4.79 Å². The van der Waals surface area contributed by atoms with Crippen LogP contribution in [0.15, 0.2) is 60.8 Å². The van der Waals surface area contributed by atoms with Crippen LogP contribution in [0.25, 0.3) is 0 Å². The molecule has 0 saturated carbocycles. The van der Waals surface area contributed by atoms with E-state index in [-0.39, 0.29) is 17.3 Å². The molecule has 8 heteroatoms. The fourth-order valence-corrected chi connectivity index (χ4v) is 2.42. The van der Waals surface area contributed by atoms with Crippen molar-refractivity contribution in [1.82, 2.24) is 4.98 Å². The summed E-state index contributed by atoms with van der Waals surface area (Å²) in [6, 6.07) is 13.1. The Morgan fingerprint density at radius 3 is 2.36 bits per heavy atom. The van der Waals surface area contributed by atoms with Crippen molar-refractivity contribution in [3.63, 3.8) is 0 Å². The average molecular weight is 382 g/mol. The topological polar surface area (TPSA) is 83.1 Å². The molecule has 0 aliphatic heterocycles. The second kappa shape index (κ2) is 8.26. The molecule has 0 atom stereocenters. The first-order chi connectivity index (χ1) is 13.4. The van der Waals surface area contributed by atoms with Crippen molar-refractivity contribution in [3.8, 4) is 0 Å². The van der Waals surface area contributed by atoms with Gasteiger partial charge in [-0.3, -0.25) is 9.59 Å². The highest BCUT2D eigenvalue weighted by atomic mass is 19.1. The number of hydrogen-bond acceptors (Lipinski definition) is 4. The van der Waals surface area contributed by atoms with Gasteiger partial charge in [-0.05, 0) is 42.5 Å². The van der Waals surface area contributed by atoms with Crippen LogP contribution < -0.4 is 16.0 Å². The third kappa shape index (κ3) is 4.88. The van der Waals surface area contributed by atoms with Gasteiger partial charge in [0.25, 0.3) is 5.91 Å². The van der Waals surface area contributed by atoms with Gasteiger partial charge in [0.2, 0.25) is 5.91 Å². The number of carbonyl (C=O) groups is 2. The van der Waals surface area contributed by atoms with E-state index >= 15 is 0 Å². The van der Waals surface area contributed by atoms with Crippen molar-refractivity contribution in [1.29, 1.82) is 0 Å². The van der Waals surface area contributed by atoms with Crippen molar-refractivity contribution in [3.05, 3.63) is 78.1 Å². The van der Waals surface area contributed by atoms with E-state index in [0.717, 1.165) is 17.8 Å². The zero-order valence-corrected chi connectivity index (χ0v) is 14.8. The number of hydrogen-bond donors (Lipinski definition) is 3. The van der Waals surface area contributed by atoms with Crippen LogP contribution in [0.4, 0.5) is 31.5 Å². The molecule has 0 radical (unpaired) electrons. The van der Waals surface area contributed by atoms with Crippen LogP contribution in [-0.4, -0.2) is 16.8 Å². The lowest BCUT2D eigenvalue weighted by Gasteiger charge is -2.10. The monoisotopic (exact) mass is 382 g/mol. The molecular formula is C20H16F2N4O2. The fraction of sp³-hybridized carbons (Fsp3) is 0.0500. The van der Waals surface area contributed by atoms with Crippen molar-refractivity contribution < 1.29 is 18.4 Å². The smallest absolute Gasteiger partial charge is 0.274 e. The number of nitrogens with zero attached hydrogens (tertiary/aromatic N) is 1. The molecule has 0 spiro atoms. The molecule has 6 nitrogen and oxygen atoms in total. The van der Waals surface area contributed by atoms with Gasteiger partial charge in [0.1, 0.15) is 17.3 Å². The molecule has 3 N–H and O–H groups in total. The van der Waals surface area contributed by atoms with Gasteiger partial charge in [-0.1, -0.05) is 6.07 Å². The Morgan fingerprint density at radius 2 is 1.68 bits per heavy atom. The molecular weight excluding hydrogens is 366 g/mol. The number of benzene rings is 2. The lowest BCUT2D eigenvalue weighted by molar-refractivity contribution is -0.114. The van der Waals surface area contributed by atoms with E-state index in [9.17, 15) is 18.4 Å². The molecule has 0 unspecified atom stereocenters. The Labute approximate surface area is 159 Å². The van der Waals surface area contributed by atoms with E-state index in [2.05, 4.69) is 20.9 Å². The van der Waals surface area contributed by atoms with Crippen LogP contribution in [0.1, 0.15) is 17.4 Å². The van der Waals surface area contributed by atoms with Crippen LogP contribution in [0, 0.1) is 11.6 Å². The maximum Gasteiger partial charge on any atom is 0.274 e. The van der Waals surface area contributed by atoms with Crippen molar-refractivity contribution in [2.24, 2.45) is 0 Å². The largest absolute Gasteiger partial charge is 0.354 e. The Balaban J connectivity index is 1.67. The zero-order valence-electron chi connectivity index (χ0n) is 14.8. The van der Waals surface area contributed by atoms with Crippen LogP contribution in [0.2, 0.25) is 0 Å². The number of carbonyl (C=O) groups excluding carboxylic acids is 2. The predicted octanol–water partition coefficient (Wildman–Crippen LogP) is 4.31. The minimum Gasteiger partial charge on any atom is -0.354 e. The summed E-state index contributed by atoms with van der Waals surface area (Å²) in [5.41, 5.74) is 1.91. The molecule has 3 rings (SSSR count). The molecule has 3 aromatic rings. The molecule has 0 fully saturated rings. The van der Waals surface area contributed by atoms with Gasteiger partial charge in [-0.2, -0.15) is 0 Å². The van der Waals surface area contributed by atoms with Gasteiger partial charge in [-0.25, -0.2) is 13.8 Å². The first-order valence-electron chi connectivity index (χ1n) is 8.28. The minimum atomic E-state index is -0.870. The fourth-order valence-electron chi connectivity index (χ4n) is 2.42. The number of halogens is 2. The second-order valence-corrected chi connectivity index (χ2v) is 5.90. The van der Waals surface area contributed by atoms with E-state index in [1.165, 1.54) is 19.2 Å². The number of anilines is 4.